The third-order valence-corrected chi connectivity index (χ3v) is 4.26. The van der Waals surface area contributed by atoms with E-state index in [0.29, 0.717) is 0 Å². The first-order valence-corrected chi connectivity index (χ1v) is 8.11. The Morgan fingerprint density at radius 2 is 1.25 bits per heavy atom. The third kappa shape index (κ3) is 2.67. The summed E-state index contributed by atoms with van der Waals surface area (Å²) >= 11 is 0. The largest absolute Gasteiger partial charge is 0.249 e. The molecule has 1 aromatic heterocycles. The first-order valence-electron chi connectivity index (χ1n) is 8.11. The lowest BCUT2D eigenvalue weighted by Gasteiger charge is -2.08. The van der Waals surface area contributed by atoms with Crippen LogP contribution in [0.3, 0.4) is 0 Å². The molecule has 0 radical (unpaired) electrons. The number of benzene rings is 3. The Balaban J connectivity index is 1.78. The molecule has 0 aliphatic rings. The van der Waals surface area contributed by atoms with Crippen molar-refractivity contribution in [3.8, 4) is 22.4 Å². The van der Waals surface area contributed by atoms with E-state index in [1.807, 2.05) is 19.1 Å². The van der Waals surface area contributed by atoms with E-state index in [0.717, 1.165) is 28.0 Å². The molecule has 24 heavy (non-hydrogen) atoms. The Kier molecular flexibility index (Phi) is 3.58. The number of fused-ring (bicyclic) bond motifs is 1. The molecule has 0 spiro atoms. The number of aromatic nitrogens is 2. The van der Waals surface area contributed by atoms with Crippen LogP contribution in [-0.4, -0.2) is 9.97 Å². The van der Waals surface area contributed by atoms with Crippen LogP contribution in [-0.2, 0) is 0 Å². The summed E-state index contributed by atoms with van der Waals surface area (Å²) in [4.78, 5) is 9.56. The summed E-state index contributed by atoms with van der Waals surface area (Å²) < 4.78 is 0. The zero-order valence-corrected chi connectivity index (χ0v) is 13.8. The highest BCUT2D eigenvalue weighted by Crippen LogP contribution is 2.26. The lowest BCUT2D eigenvalue weighted by molar-refractivity contribution is 1.19. The van der Waals surface area contributed by atoms with Gasteiger partial charge in [0.1, 0.15) is 0 Å². The van der Waals surface area contributed by atoms with Gasteiger partial charge >= 0.3 is 0 Å². The molecular weight excluding hydrogens is 292 g/mol. The fraction of sp³-hybridized carbons (Fsp3) is 0.0909. The second kappa shape index (κ2) is 5.89. The van der Waals surface area contributed by atoms with Crippen LogP contribution in [0.5, 0.6) is 0 Å². The lowest BCUT2D eigenvalue weighted by Crippen LogP contribution is -1.94. The average molecular weight is 310 g/mol. The summed E-state index contributed by atoms with van der Waals surface area (Å²) in [5, 5.41) is 0. The van der Waals surface area contributed by atoms with Crippen LogP contribution in [0.2, 0.25) is 0 Å². The SMILES string of the molecule is Cc1ccc2nc(C)c(-c3ccc(-c4ccccc4)cc3)nc2c1. The molecule has 0 atom stereocenters. The topological polar surface area (TPSA) is 25.8 Å². The maximum atomic E-state index is 4.85. The first-order chi connectivity index (χ1) is 11.7. The molecule has 1 heterocycles. The molecule has 0 amide bonds. The minimum Gasteiger partial charge on any atom is -0.249 e. The maximum Gasteiger partial charge on any atom is 0.0922 e. The molecule has 2 heteroatoms. The van der Waals surface area contributed by atoms with Crippen molar-refractivity contribution in [2.75, 3.05) is 0 Å². The number of hydrogen-bond acceptors (Lipinski definition) is 2. The third-order valence-electron chi connectivity index (χ3n) is 4.26. The Labute approximate surface area is 141 Å². The van der Waals surface area contributed by atoms with E-state index in [-0.39, 0.29) is 0 Å². The van der Waals surface area contributed by atoms with Crippen LogP contribution >= 0.6 is 0 Å². The highest BCUT2D eigenvalue weighted by molar-refractivity contribution is 5.79. The summed E-state index contributed by atoms with van der Waals surface area (Å²) in [6, 6.07) is 25.1. The molecule has 0 bridgehead atoms. The van der Waals surface area contributed by atoms with Gasteiger partial charge in [-0.05, 0) is 42.7 Å². The minimum absolute atomic E-state index is 0.947. The van der Waals surface area contributed by atoms with Gasteiger partial charge < -0.3 is 0 Å². The van der Waals surface area contributed by atoms with Crippen molar-refractivity contribution < 1.29 is 0 Å². The van der Waals surface area contributed by atoms with Gasteiger partial charge in [-0.2, -0.15) is 0 Å². The summed E-state index contributed by atoms with van der Waals surface area (Å²) in [5.41, 5.74) is 8.54. The van der Waals surface area contributed by atoms with Crippen molar-refractivity contribution in [3.63, 3.8) is 0 Å². The van der Waals surface area contributed by atoms with E-state index in [1.165, 1.54) is 16.7 Å². The van der Waals surface area contributed by atoms with Gasteiger partial charge in [0.05, 0.1) is 22.4 Å². The number of rotatable bonds is 2. The Bertz CT molecular complexity index is 1000. The van der Waals surface area contributed by atoms with E-state index in [4.69, 9.17) is 9.97 Å². The Hall–Kier alpha value is -3.00. The molecule has 0 aliphatic heterocycles. The van der Waals surface area contributed by atoms with Crippen molar-refractivity contribution in [2.45, 2.75) is 13.8 Å². The molecule has 0 unspecified atom stereocenters. The fourth-order valence-corrected chi connectivity index (χ4v) is 2.98. The van der Waals surface area contributed by atoms with Gasteiger partial charge in [0.2, 0.25) is 0 Å². The van der Waals surface area contributed by atoms with Crippen LogP contribution < -0.4 is 0 Å². The lowest BCUT2D eigenvalue weighted by atomic mass is 10.0. The summed E-state index contributed by atoms with van der Waals surface area (Å²) in [6.07, 6.45) is 0. The molecule has 4 aromatic rings. The van der Waals surface area contributed by atoms with Crippen molar-refractivity contribution in [3.05, 3.63) is 84.1 Å². The van der Waals surface area contributed by atoms with E-state index in [2.05, 4.69) is 67.6 Å². The summed E-state index contributed by atoms with van der Waals surface area (Å²) in [7, 11) is 0. The number of aryl methyl sites for hydroxylation is 2. The molecule has 116 valence electrons. The van der Waals surface area contributed by atoms with E-state index in [1.54, 1.807) is 0 Å². The molecule has 0 saturated carbocycles. The maximum absolute atomic E-state index is 4.85. The van der Waals surface area contributed by atoms with Crippen LogP contribution in [0.4, 0.5) is 0 Å². The molecule has 0 fully saturated rings. The zero-order chi connectivity index (χ0) is 16.5. The second-order valence-corrected chi connectivity index (χ2v) is 6.09. The van der Waals surface area contributed by atoms with Gasteiger partial charge in [-0.3, -0.25) is 0 Å². The molecule has 4 rings (SSSR count). The van der Waals surface area contributed by atoms with Crippen molar-refractivity contribution >= 4 is 11.0 Å². The standard InChI is InChI=1S/C22H18N2/c1-15-8-13-20-21(14-15)24-22(16(2)23-20)19-11-9-18(10-12-19)17-6-4-3-5-7-17/h3-14H,1-2H3. The van der Waals surface area contributed by atoms with Crippen molar-refractivity contribution in [2.24, 2.45) is 0 Å². The Morgan fingerprint density at radius 3 is 2.00 bits per heavy atom. The second-order valence-electron chi connectivity index (χ2n) is 6.09. The monoisotopic (exact) mass is 310 g/mol. The molecule has 0 saturated heterocycles. The quantitative estimate of drug-likeness (QED) is 0.483. The minimum atomic E-state index is 0.947. The van der Waals surface area contributed by atoms with Crippen LogP contribution in [0.25, 0.3) is 33.4 Å². The van der Waals surface area contributed by atoms with Gasteiger partial charge in [-0.1, -0.05) is 60.7 Å². The molecule has 0 N–H and O–H groups in total. The smallest absolute Gasteiger partial charge is 0.0922 e. The summed E-state index contributed by atoms with van der Waals surface area (Å²) in [5.74, 6) is 0. The predicted octanol–water partition coefficient (Wildman–Crippen LogP) is 5.58. The first kappa shape index (κ1) is 14.6. The zero-order valence-electron chi connectivity index (χ0n) is 13.8. The van der Waals surface area contributed by atoms with Crippen molar-refractivity contribution in [1.82, 2.24) is 9.97 Å². The number of hydrogen-bond donors (Lipinski definition) is 0. The van der Waals surface area contributed by atoms with Crippen molar-refractivity contribution in [1.29, 1.82) is 0 Å². The predicted molar refractivity (Wildman–Crippen MR) is 99.9 cm³/mol. The van der Waals surface area contributed by atoms with Crippen LogP contribution in [0, 0.1) is 13.8 Å². The molecule has 3 aromatic carbocycles. The van der Waals surface area contributed by atoms with E-state index < -0.39 is 0 Å². The summed E-state index contributed by atoms with van der Waals surface area (Å²) in [6.45, 7) is 4.10. The number of nitrogens with zero attached hydrogens (tertiary/aromatic N) is 2. The fourth-order valence-electron chi connectivity index (χ4n) is 2.98. The van der Waals surface area contributed by atoms with Crippen LogP contribution in [0.1, 0.15) is 11.3 Å². The van der Waals surface area contributed by atoms with Gasteiger partial charge in [-0.25, -0.2) is 9.97 Å². The molecule has 2 nitrogen and oxygen atoms in total. The van der Waals surface area contributed by atoms with E-state index >= 15 is 0 Å². The van der Waals surface area contributed by atoms with Crippen LogP contribution in [0.15, 0.2) is 72.8 Å². The van der Waals surface area contributed by atoms with Gasteiger partial charge in [0, 0.05) is 5.56 Å². The van der Waals surface area contributed by atoms with Gasteiger partial charge in [0.25, 0.3) is 0 Å². The average Bonchev–Trinajstić information content (AvgIpc) is 2.62. The van der Waals surface area contributed by atoms with Gasteiger partial charge in [-0.15, -0.1) is 0 Å². The highest BCUT2D eigenvalue weighted by atomic mass is 14.8. The van der Waals surface area contributed by atoms with E-state index in [9.17, 15) is 0 Å². The Morgan fingerprint density at radius 1 is 0.583 bits per heavy atom. The molecular formula is C22H18N2. The van der Waals surface area contributed by atoms with Gasteiger partial charge in [0.15, 0.2) is 0 Å². The normalized spacial score (nSPS) is 10.9. The molecule has 0 aliphatic carbocycles. The highest BCUT2D eigenvalue weighted by Gasteiger charge is 2.08.